The number of nitrogens with one attached hydrogen (secondary N) is 3. The van der Waals surface area contributed by atoms with Gasteiger partial charge in [-0.2, -0.15) is 5.10 Å². The van der Waals surface area contributed by atoms with Crippen molar-refractivity contribution in [2.75, 3.05) is 0 Å². The van der Waals surface area contributed by atoms with Crippen molar-refractivity contribution < 1.29 is 4.39 Å². The van der Waals surface area contributed by atoms with E-state index in [1.807, 2.05) is 44.2 Å². The molecule has 0 spiro atoms. The van der Waals surface area contributed by atoms with Gasteiger partial charge in [-0.3, -0.25) is 15.1 Å². The number of halogens is 1. The Kier molecular flexibility index (Phi) is 7.19. The van der Waals surface area contributed by atoms with Crippen molar-refractivity contribution >= 4 is 27.5 Å². The number of aromatic nitrogens is 6. The Bertz CT molecular complexity index is 1750. The molecule has 7 nitrogen and oxygen atoms in total. The van der Waals surface area contributed by atoms with Crippen molar-refractivity contribution in [1.29, 1.82) is 0 Å². The summed E-state index contributed by atoms with van der Waals surface area (Å²) in [7, 11) is 0. The number of rotatable bonds is 9. The van der Waals surface area contributed by atoms with Crippen molar-refractivity contribution in [3.05, 3.63) is 103 Å². The Labute approximate surface area is 226 Å². The monoisotopic (exact) mass is 519 g/mol. The van der Waals surface area contributed by atoms with Gasteiger partial charge >= 0.3 is 0 Å². The number of allylic oxidation sites excluding steroid dienone is 5. The van der Waals surface area contributed by atoms with Crippen LogP contribution in [0.5, 0.6) is 0 Å². The van der Waals surface area contributed by atoms with E-state index in [0.717, 1.165) is 57.5 Å². The van der Waals surface area contributed by atoms with Gasteiger partial charge in [0.2, 0.25) is 0 Å². The molecule has 0 unspecified atom stereocenters. The predicted molar refractivity (Wildman–Crippen MR) is 156 cm³/mol. The third-order valence-corrected chi connectivity index (χ3v) is 6.40. The van der Waals surface area contributed by atoms with Crippen LogP contribution >= 0.6 is 0 Å². The summed E-state index contributed by atoms with van der Waals surface area (Å²) in [6, 6.07) is 8.70. The number of imidazole rings is 1. The maximum Gasteiger partial charge on any atom is 0.159 e. The molecular weight excluding hydrogens is 489 g/mol. The minimum Gasteiger partial charge on any atom is -0.359 e. The molecule has 0 radical (unpaired) electrons. The number of fused-ring (bicyclic) bond motifs is 2. The van der Waals surface area contributed by atoms with E-state index in [9.17, 15) is 4.39 Å². The number of pyridine rings is 2. The first-order chi connectivity index (χ1) is 18.9. The first kappa shape index (κ1) is 25.8. The summed E-state index contributed by atoms with van der Waals surface area (Å²) in [5, 5.41) is 11.8. The average Bonchev–Trinajstić information content (AvgIpc) is 3.54. The van der Waals surface area contributed by atoms with Crippen molar-refractivity contribution in [3.63, 3.8) is 0 Å². The summed E-state index contributed by atoms with van der Waals surface area (Å²) >= 11 is 0. The zero-order valence-corrected chi connectivity index (χ0v) is 22.3. The van der Waals surface area contributed by atoms with Crippen LogP contribution in [0.3, 0.4) is 0 Å². The molecule has 5 rings (SSSR count). The topological polar surface area (TPSA) is 95.2 Å². The number of hydrogen-bond donors (Lipinski definition) is 3. The molecule has 0 atom stereocenters. The van der Waals surface area contributed by atoms with Gasteiger partial charge in [0.15, 0.2) is 5.82 Å². The zero-order chi connectivity index (χ0) is 27.5. The van der Waals surface area contributed by atoms with E-state index >= 15 is 0 Å². The zero-order valence-electron chi connectivity index (χ0n) is 22.3. The lowest BCUT2D eigenvalue weighted by Crippen LogP contribution is -2.10. The quantitative estimate of drug-likeness (QED) is 0.177. The standard InChI is InChI=1S/C31H30FN7/c1-6-9-19(5)35-23(8-3)15-20(7-2)26-16-24-27(17-34-26)38-39-29(24)31-36-25-10-11-33-28(30(25)37-31)21-12-18(4)13-22(32)14-21/h7-8,10-17,35H,3,5-6,9H2,1-2,4H3,(H,36,37)(H,38,39)/b20-7+,23-15+. The third-order valence-electron chi connectivity index (χ3n) is 6.40. The Hall–Kier alpha value is -4.85. The lowest BCUT2D eigenvalue weighted by atomic mass is 10.1. The van der Waals surface area contributed by atoms with Gasteiger partial charge in [0, 0.05) is 28.5 Å². The normalized spacial score (nSPS) is 12.3. The van der Waals surface area contributed by atoms with Crippen LogP contribution in [0.2, 0.25) is 0 Å². The van der Waals surface area contributed by atoms with Crippen molar-refractivity contribution in [3.8, 4) is 22.8 Å². The largest absolute Gasteiger partial charge is 0.359 e. The molecule has 0 amide bonds. The number of aryl methyl sites for hydroxylation is 1. The second-order valence-electron chi connectivity index (χ2n) is 9.37. The first-order valence-electron chi connectivity index (χ1n) is 12.8. The number of H-pyrrole nitrogens is 2. The number of benzene rings is 1. The molecule has 196 valence electrons. The van der Waals surface area contributed by atoms with E-state index in [-0.39, 0.29) is 5.82 Å². The molecular formula is C31H30FN7. The molecule has 0 bridgehead atoms. The summed E-state index contributed by atoms with van der Waals surface area (Å²) in [5.74, 6) is 0.272. The van der Waals surface area contributed by atoms with Gasteiger partial charge in [0.1, 0.15) is 17.0 Å². The van der Waals surface area contributed by atoms with Crippen molar-refractivity contribution in [2.45, 2.75) is 33.6 Å². The minimum absolute atomic E-state index is 0.309. The van der Waals surface area contributed by atoms with E-state index in [1.165, 1.54) is 12.1 Å². The van der Waals surface area contributed by atoms with Gasteiger partial charge in [-0.1, -0.05) is 32.6 Å². The molecule has 0 saturated heterocycles. The summed E-state index contributed by atoms with van der Waals surface area (Å²) in [6.45, 7) is 14.0. The highest BCUT2D eigenvalue weighted by Crippen LogP contribution is 2.31. The lowest BCUT2D eigenvalue weighted by Gasteiger charge is -2.11. The highest BCUT2D eigenvalue weighted by atomic mass is 19.1. The van der Waals surface area contributed by atoms with E-state index < -0.39 is 0 Å². The summed E-state index contributed by atoms with van der Waals surface area (Å²) in [6.07, 6.45) is 11.1. The second kappa shape index (κ2) is 10.9. The lowest BCUT2D eigenvalue weighted by molar-refractivity contribution is 0.627. The van der Waals surface area contributed by atoms with Crippen molar-refractivity contribution in [2.24, 2.45) is 0 Å². The van der Waals surface area contributed by atoms with Crippen LogP contribution in [0.15, 0.2) is 85.5 Å². The van der Waals surface area contributed by atoms with Crippen LogP contribution in [0.4, 0.5) is 4.39 Å². The Morgan fingerprint density at radius 1 is 1.13 bits per heavy atom. The summed E-state index contributed by atoms with van der Waals surface area (Å²) in [5.41, 5.74) is 8.46. The molecule has 0 aliphatic carbocycles. The SMILES string of the molecule is C=C/C(=C\C(=C/C)c1cc2c(-c3nc4c(-c5cc(C)cc(F)c5)nccc4[nH]3)n[nH]c2cn1)NC(=C)CCC. The Morgan fingerprint density at radius 2 is 1.97 bits per heavy atom. The van der Waals surface area contributed by atoms with Crippen LogP contribution in [-0.2, 0) is 0 Å². The fourth-order valence-corrected chi connectivity index (χ4v) is 4.57. The number of nitrogens with zero attached hydrogens (tertiary/aromatic N) is 4. The Morgan fingerprint density at radius 3 is 2.72 bits per heavy atom. The van der Waals surface area contributed by atoms with E-state index in [4.69, 9.17) is 4.98 Å². The van der Waals surface area contributed by atoms with Crippen LogP contribution in [-0.4, -0.2) is 30.1 Å². The van der Waals surface area contributed by atoms with E-state index in [2.05, 4.69) is 50.5 Å². The second-order valence-corrected chi connectivity index (χ2v) is 9.37. The van der Waals surface area contributed by atoms with E-state index in [1.54, 1.807) is 18.5 Å². The first-order valence-corrected chi connectivity index (χ1v) is 12.8. The molecule has 8 heteroatoms. The van der Waals surface area contributed by atoms with Crippen LogP contribution in [0.1, 0.15) is 37.9 Å². The van der Waals surface area contributed by atoms with Crippen LogP contribution < -0.4 is 5.32 Å². The highest BCUT2D eigenvalue weighted by Gasteiger charge is 2.17. The van der Waals surface area contributed by atoms with Gasteiger partial charge in [-0.25, -0.2) is 9.37 Å². The van der Waals surface area contributed by atoms with E-state index in [0.29, 0.717) is 28.3 Å². The molecule has 39 heavy (non-hydrogen) atoms. The van der Waals surface area contributed by atoms with Gasteiger partial charge < -0.3 is 10.3 Å². The van der Waals surface area contributed by atoms with Gasteiger partial charge in [0.05, 0.1) is 28.6 Å². The molecule has 0 aliphatic rings. The molecule has 0 aliphatic heterocycles. The molecule has 3 N–H and O–H groups in total. The molecule has 0 fully saturated rings. The van der Waals surface area contributed by atoms with Crippen LogP contribution in [0, 0.1) is 12.7 Å². The van der Waals surface area contributed by atoms with Crippen molar-refractivity contribution in [1.82, 2.24) is 35.5 Å². The highest BCUT2D eigenvalue weighted by molar-refractivity contribution is 5.96. The smallest absolute Gasteiger partial charge is 0.159 e. The summed E-state index contributed by atoms with van der Waals surface area (Å²) in [4.78, 5) is 17.4. The molecule has 0 saturated carbocycles. The molecule has 1 aromatic carbocycles. The average molecular weight is 520 g/mol. The van der Waals surface area contributed by atoms with Gasteiger partial charge in [-0.15, -0.1) is 0 Å². The number of aromatic amines is 2. The number of hydrogen-bond acceptors (Lipinski definition) is 5. The fraction of sp³-hybridized carbons (Fsp3) is 0.161. The maximum atomic E-state index is 14.1. The van der Waals surface area contributed by atoms with Gasteiger partial charge in [-0.05, 0) is 73.9 Å². The van der Waals surface area contributed by atoms with Crippen LogP contribution in [0.25, 0.3) is 50.3 Å². The molecule has 4 aromatic heterocycles. The predicted octanol–water partition coefficient (Wildman–Crippen LogP) is 7.39. The minimum atomic E-state index is -0.309. The third kappa shape index (κ3) is 5.27. The summed E-state index contributed by atoms with van der Waals surface area (Å²) < 4.78 is 14.1. The maximum absolute atomic E-state index is 14.1. The molecule has 4 heterocycles. The Balaban J connectivity index is 1.56. The fourth-order valence-electron chi connectivity index (χ4n) is 4.57. The van der Waals surface area contributed by atoms with Gasteiger partial charge in [0.25, 0.3) is 0 Å². The molecule has 5 aromatic rings.